The number of rotatable bonds is 3. The van der Waals surface area contributed by atoms with E-state index in [0.29, 0.717) is 16.8 Å². The summed E-state index contributed by atoms with van der Waals surface area (Å²) >= 11 is 3.14. The van der Waals surface area contributed by atoms with Crippen LogP contribution in [0.3, 0.4) is 0 Å². The molecule has 0 bridgehead atoms. The minimum absolute atomic E-state index is 0.0319. The van der Waals surface area contributed by atoms with Crippen molar-refractivity contribution in [2.24, 2.45) is 0 Å². The van der Waals surface area contributed by atoms with Gasteiger partial charge in [-0.2, -0.15) is 0 Å². The lowest BCUT2D eigenvalue weighted by Gasteiger charge is -2.32. The van der Waals surface area contributed by atoms with Crippen molar-refractivity contribution >= 4 is 49.0 Å². The monoisotopic (exact) mass is 410 g/mol. The third kappa shape index (κ3) is 3.12. The van der Waals surface area contributed by atoms with Crippen LogP contribution in [0.4, 0.5) is 0 Å². The molecule has 0 aliphatic carbocycles. The maximum absolute atomic E-state index is 12.9. The third-order valence-electron chi connectivity index (χ3n) is 5.19. The molecule has 8 heteroatoms. The van der Waals surface area contributed by atoms with Crippen molar-refractivity contribution < 1.29 is 4.79 Å². The summed E-state index contributed by atoms with van der Waals surface area (Å²) in [6.45, 7) is 1.41. The number of aromatic nitrogens is 3. The Morgan fingerprint density at radius 2 is 2.14 bits per heavy atom. The molecule has 1 aromatic carbocycles. The first kappa shape index (κ1) is 17.5. The van der Waals surface area contributed by atoms with E-state index in [1.54, 1.807) is 17.4 Å². The molecular weight excluding hydrogens is 392 g/mol. The lowest BCUT2D eigenvalue weighted by Crippen LogP contribution is -2.42. The molecule has 1 saturated heterocycles. The van der Waals surface area contributed by atoms with Crippen LogP contribution in [0.15, 0.2) is 46.8 Å². The first-order chi connectivity index (χ1) is 13.7. The summed E-state index contributed by atoms with van der Waals surface area (Å²) in [5.74, 6) is 0.216. The number of carbonyl (C=O) groups excluding carboxylic acids is 1. The molecule has 1 aliphatic rings. The van der Waals surface area contributed by atoms with Crippen LogP contribution in [0, 0.1) is 0 Å². The minimum atomic E-state index is -0.153. The molecule has 0 N–H and O–H groups in total. The van der Waals surface area contributed by atoms with Crippen LogP contribution in [0.1, 0.15) is 23.8 Å². The van der Waals surface area contributed by atoms with Gasteiger partial charge in [-0.05, 0) is 36.4 Å². The molecule has 4 aromatic rings. The zero-order valence-electron chi connectivity index (χ0n) is 15.1. The predicted molar refractivity (Wildman–Crippen MR) is 112 cm³/mol. The van der Waals surface area contributed by atoms with Crippen molar-refractivity contribution in [3.63, 3.8) is 0 Å². The molecule has 6 nitrogen and oxygen atoms in total. The van der Waals surface area contributed by atoms with E-state index in [2.05, 4.69) is 11.1 Å². The molecule has 4 heterocycles. The predicted octanol–water partition coefficient (Wildman–Crippen LogP) is 3.47. The van der Waals surface area contributed by atoms with E-state index < -0.39 is 0 Å². The number of thiophene rings is 1. The lowest BCUT2D eigenvalue weighted by molar-refractivity contribution is -0.133. The first-order valence-electron chi connectivity index (χ1n) is 9.25. The Morgan fingerprint density at radius 1 is 1.25 bits per heavy atom. The summed E-state index contributed by atoms with van der Waals surface area (Å²) in [5.41, 5.74) is 0.868. The molecule has 0 radical (unpaired) electrons. The standard InChI is InChI=1S/C20H18N4O2S2/c25-17(11-24-12-21-19-14(20(24)26)7-9-27-19)23-8-3-4-13(10-23)18-22-15-5-1-2-6-16(15)28-18/h1-2,5-7,9,12-13H,3-4,8,10-11H2/t13-/m1/s1. The average Bonchev–Trinajstić information content (AvgIpc) is 3.37. The molecule has 0 saturated carbocycles. The van der Waals surface area contributed by atoms with E-state index in [1.807, 2.05) is 28.5 Å². The Balaban J connectivity index is 1.34. The fourth-order valence-electron chi connectivity index (χ4n) is 3.72. The Hall–Kier alpha value is -2.58. The number of hydrogen-bond acceptors (Lipinski definition) is 6. The smallest absolute Gasteiger partial charge is 0.262 e. The zero-order valence-corrected chi connectivity index (χ0v) is 16.7. The van der Waals surface area contributed by atoms with Crippen LogP contribution >= 0.6 is 22.7 Å². The number of piperidine rings is 1. The summed E-state index contributed by atoms with van der Waals surface area (Å²) in [6, 6.07) is 9.90. The van der Waals surface area contributed by atoms with E-state index in [0.717, 1.165) is 29.9 Å². The van der Waals surface area contributed by atoms with Gasteiger partial charge in [0.2, 0.25) is 5.91 Å². The second kappa shape index (κ2) is 7.10. The van der Waals surface area contributed by atoms with Crippen molar-refractivity contribution in [3.05, 3.63) is 57.4 Å². The Bertz CT molecular complexity index is 1190. The fourth-order valence-corrected chi connectivity index (χ4v) is 5.54. The van der Waals surface area contributed by atoms with Crippen LogP contribution in [0.2, 0.25) is 0 Å². The highest BCUT2D eigenvalue weighted by molar-refractivity contribution is 7.18. The van der Waals surface area contributed by atoms with Crippen molar-refractivity contribution in [2.75, 3.05) is 13.1 Å². The normalized spacial score (nSPS) is 17.4. The topological polar surface area (TPSA) is 68.1 Å². The van der Waals surface area contributed by atoms with Gasteiger partial charge in [-0.1, -0.05) is 12.1 Å². The van der Waals surface area contributed by atoms with Gasteiger partial charge in [0.15, 0.2) is 0 Å². The summed E-state index contributed by atoms with van der Waals surface area (Å²) in [6.07, 6.45) is 3.46. The van der Waals surface area contributed by atoms with E-state index in [9.17, 15) is 9.59 Å². The Kier molecular flexibility index (Phi) is 4.44. The lowest BCUT2D eigenvalue weighted by atomic mass is 9.98. The number of para-hydroxylation sites is 1. The molecule has 0 spiro atoms. The van der Waals surface area contributed by atoms with Gasteiger partial charge in [-0.3, -0.25) is 14.2 Å². The first-order valence-corrected chi connectivity index (χ1v) is 10.9. The van der Waals surface area contributed by atoms with Gasteiger partial charge in [-0.25, -0.2) is 9.97 Å². The van der Waals surface area contributed by atoms with Gasteiger partial charge < -0.3 is 4.90 Å². The number of likely N-dealkylation sites (tertiary alicyclic amines) is 1. The summed E-state index contributed by atoms with van der Waals surface area (Å²) in [4.78, 5) is 37.0. The van der Waals surface area contributed by atoms with Crippen LogP contribution in [0.25, 0.3) is 20.4 Å². The number of thiazole rings is 1. The van der Waals surface area contributed by atoms with Crippen molar-refractivity contribution in [1.82, 2.24) is 19.4 Å². The van der Waals surface area contributed by atoms with Crippen LogP contribution in [0.5, 0.6) is 0 Å². The molecule has 3 aromatic heterocycles. The average molecular weight is 411 g/mol. The van der Waals surface area contributed by atoms with Gasteiger partial charge in [0, 0.05) is 19.0 Å². The zero-order chi connectivity index (χ0) is 19.1. The van der Waals surface area contributed by atoms with Gasteiger partial charge in [0.25, 0.3) is 5.56 Å². The molecule has 0 unspecified atom stereocenters. The number of amides is 1. The molecule has 5 rings (SSSR count). The summed E-state index contributed by atoms with van der Waals surface area (Å²) < 4.78 is 2.60. The van der Waals surface area contributed by atoms with E-state index in [4.69, 9.17) is 4.98 Å². The molecule has 28 heavy (non-hydrogen) atoms. The molecule has 142 valence electrons. The number of hydrogen-bond donors (Lipinski definition) is 0. The largest absolute Gasteiger partial charge is 0.340 e. The third-order valence-corrected chi connectivity index (χ3v) is 7.21. The SMILES string of the molecule is O=C(Cn1cnc2sccc2c1=O)N1CCC[C@@H](c2nc3ccccc3s2)C1. The highest BCUT2D eigenvalue weighted by atomic mass is 32.1. The highest BCUT2D eigenvalue weighted by Crippen LogP contribution is 2.33. The van der Waals surface area contributed by atoms with Crippen molar-refractivity contribution in [2.45, 2.75) is 25.3 Å². The van der Waals surface area contributed by atoms with E-state index in [1.165, 1.54) is 26.9 Å². The van der Waals surface area contributed by atoms with Gasteiger partial charge in [0.05, 0.1) is 26.9 Å². The maximum Gasteiger partial charge on any atom is 0.262 e. The summed E-state index contributed by atoms with van der Waals surface area (Å²) in [7, 11) is 0. The fraction of sp³-hybridized carbons (Fsp3) is 0.300. The quantitative estimate of drug-likeness (QED) is 0.519. The summed E-state index contributed by atoms with van der Waals surface area (Å²) in [5, 5.41) is 3.52. The highest BCUT2D eigenvalue weighted by Gasteiger charge is 2.27. The molecular formula is C20H18N4O2S2. The number of carbonyl (C=O) groups is 1. The van der Waals surface area contributed by atoms with Gasteiger partial charge >= 0.3 is 0 Å². The second-order valence-corrected chi connectivity index (χ2v) is 8.97. The Morgan fingerprint density at radius 3 is 3.04 bits per heavy atom. The van der Waals surface area contributed by atoms with E-state index in [-0.39, 0.29) is 23.9 Å². The van der Waals surface area contributed by atoms with Crippen LogP contribution in [-0.4, -0.2) is 38.4 Å². The van der Waals surface area contributed by atoms with Crippen molar-refractivity contribution in [3.8, 4) is 0 Å². The van der Waals surface area contributed by atoms with Crippen LogP contribution < -0.4 is 5.56 Å². The molecule has 1 amide bonds. The van der Waals surface area contributed by atoms with Crippen LogP contribution in [-0.2, 0) is 11.3 Å². The van der Waals surface area contributed by atoms with Gasteiger partial charge in [0.1, 0.15) is 11.4 Å². The number of benzene rings is 1. The molecule has 1 aliphatic heterocycles. The molecule has 1 fully saturated rings. The van der Waals surface area contributed by atoms with Gasteiger partial charge in [-0.15, -0.1) is 22.7 Å². The molecule has 1 atom stereocenters. The second-order valence-electron chi connectivity index (χ2n) is 7.02. The maximum atomic E-state index is 12.9. The Labute approximate surface area is 169 Å². The minimum Gasteiger partial charge on any atom is -0.340 e. The van der Waals surface area contributed by atoms with Crippen molar-refractivity contribution in [1.29, 1.82) is 0 Å². The van der Waals surface area contributed by atoms with E-state index >= 15 is 0 Å². The number of fused-ring (bicyclic) bond motifs is 2. The number of nitrogens with zero attached hydrogens (tertiary/aromatic N) is 4.